The lowest BCUT2D eigenvalue weighted by Gasteiger charge is -2.34. The zero-order valence-electron chi connectivity index (χ0n) is 17.5. The summed E-state index contributed by atoms with van der Waals surface area (Å²) in [6.07, 6.45) is -2.56. The van der Waals surface area contributed by atoms with Crippen LogP contribution in [-0.4, -0.2) is 47.8 Å². The fourth-order valence-electron chi connectivity index (χ4n) is 3.79. The molecule has 0 unspecified atom stereocenters. The normalized spacial score (nSPS) is 17.0. The number of rotatable bonds is 3. The first-order chi connectivity index (χ1) is 16.0. The molecule has 1 aliphatic heterocycles. The van der Waals surface area contributed by atoms with Crippen LogP contribution in [0.25, 0.3) is 0 Å². The second kappa shape index (κ2) is 8.10. The van der Waals surface area contributed by atoms with E-state index in [9.17, 15) is 44.9 Å². The third-order valence-corrected chi connectivity index (χ3v) is 5.51. The number of halogens is 1. The van der Waals surface area contributed by atoms with Gasteiger partial charge in [-0.25, -0.2) is 9.18 Å². The Kier molecular flexibility index (Phi) is 5.40. The van der Waals surface area contributed by atoms with Crippen molar-refractivity contribution < 1.29 is 54.4 Å². The van der Waals surface area contributed by atoms with Gasteiger partial charge in [-0.1, -0.05) is 0 Å². The van der Waals surface area contributed by atoms with Crippen LogP contribution in [0.3, 0.4) is 0 Å². The quantitative estimate of drug-likeness (QED) is 0.221. The number of esters is 1. The van der Waals surface area contributed by atoms with E-state index < -0.39 is 58.3 Å². The highest BCUT2D eigenvalue weighted by molar-refractivity contribution is 5.91. The van der Waals surface area contributed by atoms with E-state index in [0.717, 1.165) is 6.07 Å². The molecule has 7 N–H and O–H groups in total. The zero-order valence-corrected chi connectivity index (χ0v) is 17.5. The molecule has 0 aromatic heterocycles. The van der Waals surface area contributed by atoms with Gasteiger partial charge in [0.2, 0.25) is 5.75 Å². The van der Waals surface area contributed by atoms with Gasteiger partial charge < -0.3 is 45.2 Å². The zero-order chi connectivity index (χ0) is 24.9. The van der Waals surface area contributed by atoms with Crippen molar-refractivity contribution in [2.75, 3.05) is 0 Å². The molecule has 0 saturated heterocycles. The molecular weight excluding hydrogens is 455 g/mol. The molecule has 1 aliphatic rings. The number of aryl methyl sites for hydroxylation is 1. The lowest BCUT2D eigenvalue weighted by atomic mass is 9.91. The number of aromatic hydroxyl groups is 7. The van der Waals surface area contributed by atoms with E-state index in [4.69, 9.17) is 9.47 Å². The third kappa shape index (κ3) is 3.76. The number of phenolic OH excluding ortho intramolecular Hbond substituents is 7. The van der Waals surface area contributed by atoms with Crippen molar-refractivity contribution in [3.8, 4) is 46.0 Å². The number of phenols is 7. The van der Waals surface area contributed by atoms with Crippen molar-refractivity contribution in [1.29, 1.82) is 0 Å². The predicted octanol–water partition coefficient (Wildman–Crippen LogP) is 2.98. The summed E-state index contributed by atoms with van der Waals surface area (Å²) in [5.41, 5.74) is 0.000609. The van der Waals surface area contributed by atoms with Gasteiger partial charge in [0.05, 0.1) is 0 Å². The van der Waals surface area contributed by atoms with Gasteiger partial charge in [-0.3, -0.25) is 0 Å². The van der Waals surface area contributed by atoms with E-state index in [-0.39, 0.29) is 34.8 Å². The minimum Gasteiger partial charge on any atom is -0.508 e. The summed E-state index contributed by atoms with van der Waals surface area (Å²) >= 11 is 0. The van der Waals surface area contributed by atoms with Gasteiger partial charge >= 0.3 is 5.97 Å². The SMILES string of the molecule is Cc1cc(O)c(O)cc1[C@@H]1Oc2cc(O)cc(O)c2C[C@H]1OC(=O)c1cc(O)c(O)c(O)c1F. The van der Waals surface area contributed by atoms with E-state index in [0.29, 0.717) is 11.6 Å². The standard InChI is InChI=1S/C23H19FO10/c1-8-2-14(27)15(28)5-10(8)22-18(7-11-13(26)3-9(25)4-17(11)33-22)34-23(32)12-6-16(29)20(30)21(31)19(12)24/h2-6,18,22,25-31H,7H2,1H3/t18-,22+/m1/s1. The Labute approximate surface area is 190 Å². The molecule has 2 atom stereocenters. The molecule has 1 heterocycles. The third-order valence-electron chi connectivity index (χ3n) is 5.51. The van der Waals surface area contributed by atoms with Gasteiger partial charge in [0.15, 0.2) is 34.9 Å². The van der Waals surface area contributed by atoms with Crippen LogP contribution in [0.5, 0.6) is 46.0 Å². The second-order valence-electron chi connectivity index (χ2n) is 7.78. The number of carbonyl (C=O) groups excluding carboxylic acids is 1. The van der Waals surface area contributed by atoms with Gasteiger partial charge in [-0.2, -0.15) is 0 Å². The average molecular weight is 474 g/mol. The van der Waals surface area contributed by atoms with Crippen molar-refractivity contribution in [1.82, 2.24) is 0 Å². The fourth-order valence-corrected chi connectivity index (χ4v) is 3.79. The minimum absolute atomic E-state index is 0.0628. The highest BCUT2D eigenvalue weighted by atomic mass is 19.1. The molecule has 0 aliphatic carbocycles. The number of fused-ring (bicyclic) bond motifs is 1. The lowest BCUT2D eigenvalue weighted by Crippen LogP contribution is -2.35. The Morgan fingerprint density at radius 3 is 2.29 bits per heavy atom. The maximum atomic E-state index is 14.4. The first-order valence-electron chi connectivity index (χ1n) is 9.86. The monoisotopic (exact) mass is 474 g/mol. The van der Waals surface area contributed by atoms with E-state index in [2.05, 4.69) is 0 Å². The number of hydrogen-bond donors (Lipinski definition) is 7. The first kappa shape index (κ1) is 22.6. The van der Waals surface area contributed by atoms with Crippen LogP contribution in [0.1, 0.15) is 33.2 Å². The molecule has 34 heavy (non-hydrogen) atoms. The maximum Gasteiger partial charge on any atom is 0.341 e. The number of hydrogen-bond acceptors (Lipinski definition) is 10. The Morgan fingerprint density at radius 1 is 0.912 bits per heavy atom. The molecule has 10 nitrogen and oxygen atoms in total. The van der Waals surface area contributed by atoms with Crippen molar-refractivity contribution in [3.63, 3.8) is 0 Å². The minimum atomic E-state index is -1.53. The molecule has 0 saturated carbocycles. The smallest absolute Gasteiger partial charge is 0.341 e. The molecule has 0 amide bonds. The largest absolute Gasteiger partial charge is 0.508 e. The predicted molar refractivity (Wildman–Crippen MR) is 112 cm³/mol. The molecule has 0 spiro atoms. The van der Waals surface area contributed by atoms with Gasteiger partial charge in [0, 0.05) is 35.7 Å². The van der Waals surface area contributed by atoms with Crippen LogP contribution in [0, 0.1) is 12.7 Å². The average Bonchev–Trinajstić information content (AvgIpc) is 2.77. The van der Waals surface area contributed by atoms with Gasteiger partial charge in [0.25, 0.3) is 0 Å². The van der Waals surface area contributed by atoms with Crippen LogP contribution in [0.2, 0.25) is 0 Å². The molecule has 11 heteroatoms. The summed E-state index contributed by atoms with van der Waals surface area (Å²) in [6, 6.07) is 5.29. The van der Waals surface area contributed by atoms with Crippen molar-refractivity contribution in [2.24, 2.45) is 0 Å². The molecule has 4 rings (SSSR count). The summed E-state index contributed by atoms with van der Waals surface area (Å²) in [5, 5.41) is 68.5. The van der Waals surface area contributed by atoms with Crippen LogP contribution in [-0.2, 0) is 11.2 Å². The number of benzene rings is 3. The summed E-state index contributed by atoms with van der Waals surface area (Å²) < 4.78 is 25.7. The Hall–Kier alpha value is -4.54. The van der Waals surface area contributed by atoms with E-state index in [1.165, 1.54) is 18.2 Å². The molecule has 178 valence electrons. The van der Waals surface area contributed by atoms with Gasteiger partial charge in [0.1, 0.15) is 28.9 Å². The van der Waals surface area contributed by atoms with E-state index >= 15 is 0 Å². The molecule has 0 radical (unpaired) electrons. The molecular formula is C23H19FO10. The maximum absolute atomic E-state index is 14.4. The Bertz CT molecular complexity index is 1320. The highest BCUT2D eigenvalue weighted by Gasteiger charge is 2.38. The Balaban J connectivity index is 1.78. The summed E-state index contributed by atoms with van der Waals surface area (Å²) in [4.78, 5) is 12.8. The fraction of sp³-hybridized carbons (Fsp3) is 0.174. The molecule has 3 aromatic carbocycles. The van der Waals surface area contributed by atoms with Crippen LogP contribution >= 0.6 is 0 Å². The number of carbonyl (C=O) groups is 1. The topological polar surface area (TPSA) is 177 Å². The van der Waals surface area contributed by atoms with Crippen LogP contribution in [0.15, 0.2) is 30.3 Å². The molecule has 0 fully saturated rings. The van der Waals surface area contributed by atoms with Gasteiger partial charge in [-0.05, 0) is 24.6 Å². The Morgan fingerprint density at radius 2 is 1.59 bits per heavy atom. The lowest BCUT2D eigenvalue weighted by molar-refractivity contribution is -0.0194. The van der Waals surface area contributed by atoms with E-state index in [1.807, 2.05) is 0 Å². The van der Waals surface area contributed by atoms with Crippen LogP contribution in [0.4, 0.5) is 4.39 Å². The highest BCUT2D eigenvalue weighted by Crippen LogP contribution is 2.45. The van der Waals surface area contributed by atoms with Crippen molar-refractivity contribution >= 4 is 5.97 Å². The van der Waals surface area contributed by atoms with Gasteiger partial charge in [-0.15, -0.1) is 0 Å². The molecule has 3 aromatic rings. The number of ether oxygens (including phenoxy) is 2. The molecule has 0 bridgehead atoms. The van der Waals surface area contributed by atoms with Crippen LogP contribution < -0.4 is 4.74 Å². The summed E-state index contributed by atoms with van der Waals surface area (Å²) in [6.45, 7) is 1.59. The second-order valence-corrected chi connectivity index (χ2v) is 7.78. The summed E-state index contributed by atoms with van der Waals surface area (Å²) in [7, 11) is 0. The van der Waals surface area contributed by atoms with Crippen molar-refractivity contribution in [2.45, 2.75) is 25.6 Å². The first-order valence-corrected chi connectivity index (χ1v) is 9.86. The summed E-state index contributed by atoms with van der Waals surface area (Å²) in [5.74, 6) is -7.80. The van der Waals surface area contributed by atoms with Crippen molar-refractivity contribution in [3.05, 3.63) is 58.4 Å². The van der Waals surface area contributed by atoms with E-state index in [1.54, 1.807) is 6.92 Å².